The zero-order chi connectivity index (χ0) is 15.2. The molecule has 0 aromatic rings. The number of likely N-dealkylation sites (tertiary alicyclic amines) is 1. The van der Waals surface area contributed by atoms with E-state index in [0.717, 1.165) is 51.9 Å². The molecule has 0 radical (unpaired) electrons. The zero-order valence-electron chi connectivity index (χ0n) is 12.9. The van der Waals surface area contributed by atoms with Crippen molar-refractivity contribution in [2.75, 3.05) is 39.3 Å². The number of urea groups is 1. The highest BCUT2D eigenvalue weighted by Crippen LogP contribution is 2.15. The lowest BCUT2D eigenvalue weighted by molar-refractivity contribution is 0.106. The van der Waals surface area contributed by atoms with E-state index in [9.17, 15) is 4.79 Å². The number of amides is 2. The number of oxime groups is 1. The number of amidine groups is 1. The van der Waals surface area contributed by atoms with E-state index >= 15 is 0 Å². The Bertz CT molecular complexity index is 374. The van der Waals surface area contributed by atoms with Crippen LogP contribution >= 0.6 is 0 Å². The summed E-state index contributed by atoms with van der Waals surface area (Å²) in [5.41, 5.74) is 5.80. The fraction of sp³-hybridized carbons (Fsp3) is 0.857. The fourth-order valence-corrected chi connectivity index (χ4v) is 3.19. The monoisotopic (exact) mass is 297 g/mol. The van der Waals surface area contributed by atoms with E-state index in [0.29, 0.717) is 13.1 Å². The van der Waals surface area contributed by atoms with Crippen LogP contribution in [0.5, 0.6) is 0 Å². The summed E-state index contributed by atoms with van der Waals surface area (Å²) in [4.78, 5) is 18.4. The molecule has 2 rings (SSSR count). The molecule has 2 heterocycles. The Kier molecular flexibility index (Phi) is 5.67. The van der Waals surface area contributed by atoms with Gasteiger partial charge in [0.2, 0.25) is 0 Å². The molecule has 1 atom stereocenters. The maximum atomic E-state index is 12.3. The number of rotatable bonds is 4. The van der Waals surface area contributed by atoms with Gasteiger partial charge >= 0.3 is 6.03 Å². The van der Waals surface area contributed by atoms with Gasteiger partial charge in [-0.15, -0.1) is 0 Å². The van der Waals surface area contributed by atoms with Gasteiger partial charge in [0.15, 0.2) is 5.84 Å². The van der Waals surface area contributed by atoms with E-state index in [-0.39, 0.29) is 17.9 Å². The predicted octanol–water partition coefficient (Wildman–Crippen LogP) is 0.735. The molecule has 1 unspecified atom stereocenters. The van der Waals surface area contributed by atoms with Gasteiger partial charge in [0.05, 0.1) is 6.04 Å². The van der Waals surface area contributed by atoms with Crippen molar-refractivity contribution in [3.63, 3.8) is 0 Å². The molecule has 0 spiro atoms. The average molecular weight is 297 g/mol. The molecule has 0 bridgehead atoms. The number of nitrogens with two attached hydrogens (primary N) is 1. The zero-order valence-corrected chi connectivity index (χ0v) is 12.9. The molecule has 2 aliphatic rings. The predicted molar refractivity (Wildman–Crippen MR) is 81.5 cm³/mol. The van der Waals surface area contributed by atoms with Crippen LogP contribution in [0.2, 0.25) is 0 Å². The van der Waals surface area contributed by atoms with Crippen LogP contribution in [0, 0.1) is 0 Å². The molecule has 0 aliphatic carbocycles. The first-order chi connectivity index (χ1) is 10.2. The molecule has 2 amide bonds. The van der Waals surface area contributed by atoms with Crippen LogP contribution in [0.4, 0.5) is 4.79 Å². The van der Waals surface area contributed by atoms with Gasteiger partial charge in [-0.25, -0.2) is 4.79 Å². The van der Waals surface area contributed by atoms with Gasteiger partial charge in [0, 0.05) is 39.3 Å². The molecule has 2 saturated heterocycles. The van der Waals surface area contributed by atoms with Crippen LogP contribution in [0.1, 0.15) is 32.6 Å². The van der Waals surface area contributed by atoms with Gasteiger partial charge in [0.25, 0.3) is 0 Å². The standard InChI is InChI=1S/C14H27N5O2/c1-2-5-12(13(15)16-21)17-8-10-19(11-9-17)14(20)18-6-3-4-7-18/h12,21H,2-11H2,1H3,(H2,15,16). The Morgan fingerprint density at radius 1 is 1.14 bits per heavy atom. The topological polar surface area (TPSA) is 85.4 Å². The summed E-state index contributed by atoms with van der Waals surface area (Å²) in [5.74, 6) is 0.274. The van der Waals surface area contributed by atoms with Crippen LogP contribution in [-0.4, -0.2) is 77.1 Å². The van der Waals surface area contributed by atoms with Gasteiger partial charge in [-0.1, -0.05) is 18.5 Å². The molecule has 3 N–H and O–H groups in total. The summed E-state index contributed by atoms with van der Waals surface area (Å²) in [5, 5.41) is 12.1. The van der Waals surface area contributed by atoms with E-state index in [1.54, 1.807) is 0 Å². The van der Waals surface area contributed by atoms with Crippen LogP contribution in [-0.2, 0) is 0 Å². The number of carbonyl (C=O) groups is 1. The molecular formula is C14H27N5O2. The van der Waals surface area contributed by atoms with E-state index < -0.39 is 0 Å². The van der Waals surface area contributed by atoms with E-state index in [2.05, 4.69) is 17.0 Å². The minimum atomic E-state index is -0.0240. The van der Waals surface area contributed by atoms with Gasteiger partial charge in [-0.3, -0.25) is 4.90 Å². The van der Waals surface area contributed by atoms with Crippen LogP contribution in [0.15, 0.2) is 5.16 Å². The first kappa shape index (κ1) is 15.9. The fourth-order valence-electron chi connectivity index (χ4n) is 3.19. The van der Waals surface area contributed by atoms with E-state index in [1.165, 1.54) is 0 Å². The third kappa shape index (κ3) is 3.78. The maximum absolute atomic E-state index is 12.3. The molecule has 7 heteroatoms. The van der Waals surface area contributed by atoms with Crippen molar-refractivity contribution in [2.45, 2.75) is 38.6 Å². The van der Waals surface area contributed by atoms with E-state index in [1.807, 2.05) is 9.80 Å². The summed E-state index contributed by atoms with van der Waals surface area (Å²) < 4.78 is 0. The van der Waals surface area contributed by atoms with Gasteiger partial charge in [-0.05, 0) is 19.3 Å². The molecule has 0 saturated carbocycles. The Morgan fingerprint density at radius 2 is 1.71 bits per heavy atom. The SMILES string of the molecule is CCCC(C(N)=NO)N1CCN(C(=O)N2CCCC2)CC1. The largest absolute Gasteiger partial charge is 0.409 e. The number of hydrogen-bond donors (Lipinski definition) is 2. The molecule has 0 aromatic heterocycles. The summed E-state index contributed by atoms with van der Waals surface area (Å²) in [6.45, 7) is 6.86. The van der Waals surface area contributed by atoms with Gasteiger partial charge in [0.1, 0.15) is 0 Å². The van der Waals surface area contributed by atoms with Crippen molar-refractivity contribution in [3.8, 4) is 0 Å². The number of carbonyl (C=O) groups excluding carboxylic acids is 1. The summed E-state index contributed by atoms with van der Waals surface area (Å²) in [6.07, 6.45) is 4.09. The lowest BCUT2D eigenvalue weighted by Gasteiger charge is -2.39. The second-order valence-electron chi connectivity index (χ2n) is 5.83. The minimum absolute atomic E-state index is 0.0240. The Labute approximate surface area is 126 Å². The highest BCUT2D eigenvalue weighted by Gasteiger charge is 2.30. The molecule has 120 valence electrons. The summed E-state index contributed by atoms with van der Waals surface area (Å²) >= 11 is 0. The Morgan fingerprint density at radius 3 is 2.24 bits per heavy atom. The van der Waals surface area contributed by atoms with Crippen molar-refractivity contribution >= 4 is 11.9 Å². The van der Waals surface area contributed by atoms with Crippen LogP contribution < -0.4 is 5.73 Å². The lowest BCUT2D eigenvalue weighted by Crippen LogP contribution is -2.57. The number of hydrogen-bond acceptors (Lipinski definition) is 4. The molecular weight excluding hydrogens is 270 g/mol. The highest BCUT2D eigenvalue weighted by atomic mass is 16.4. The third-order valence-corrected chi connectivity index (χ3v) is 4.42. The minimum Gasteiger partial charge on any atom is -0.409 e. The quantitative estimate of drug-likeness (QED) is 0.347. The molecule has 0 aromatic carbocycles. The Balaban J connectivity index is 1.87. The van der Waals surface area contributed by atoms with Crippen LogP contribution in [0.3, 0.4) is 0 Å². The van der Waals surface area contributed by atoms with Gasteiger partial charge < -0.3 is 20.7 Å². The van der Waals surface area contributed by atoms with E-state index in [4.69, 9.17) is 10.9 Å². The van der Waals surface area contributed by atoms with Crippen molar-refractivity contribution in [2.24, 2.45) is 10.9 Å². The second-order valence-corrected chi connectivity index (χ2v) is 5.83. The first-order valence-electron chi connectivity index (χ1n) is 7.92. The number of piperazine rings is 1. The van der Waals surface area contributed by atoms with Crippen molar-refractivity contribution < 1.29 is 10.0 Å². The maximum Gasteiger partial charge on any atom is 0.320 e. The van der Waals surface area contributed by atoms with Gasteiger partial charge in [-0.2, -0.15) is 0 Å². The van der Waals surface area contributed by atoms with Crippen molar-refractivity contribution in [1.29, 1.82) is 0 Å². The first-order valence-corrected chi connectivity index (χ1v) is 7.92. The third-order valence-electron chi connectivity index (χ3n) is 4.42. The number of nitrogens with zero attached hydrogens (tertiary/aromatic N) is 4. The lowest BCUT2D eigenvalue weighted by atomic mass is 10.1. The smallest absolute Gasteiger partial charge is 0.320 e. The molecule has 7 nitrogen and oxygen atoms in total. The highest BCUT2D eigenvalue weighted by molar-refractivity contribution is 5.85. The second kappa shape index (κ2) is 7.49. The summed E-state index contributed by atoms with van der Waals surface area (Å²) in [6, 6.07) is 0.145. The molecule has 2 fully saturated rings. The van der Waals surface area contributed by atoms with Crippen molar-refractivity contribution in [3.05, 3.63) is 0 Å². The van der Waals surface area contributed by atoms with Crippen molar-refractivity contribution in [1.82, 2.24) is 14.7 Å². The Hall–Kier alpha value is -1.50. The molecule has 21 heavy (non-hydrogen) atoms. The molecule has 2 aliphatic heterocycles. The van der Waals surface area contributed by atoms with Crippen LogP contribution in [0.25, 0.3) is 0 Å². The summed E-state index contributed by atoms with van der Waals surface area (Å²) in [7, 11) is 0. The average Bonchev–Trinajstić information content (AvgIpc) is 3.06. The normalized spacial score (nSPS) is 22.6.